The van der Waals surface area contributed by atoms with Gasteiger partial charge in [-0.2, -0.15) is 0 Å². The minimum atomic E-state index is -0.225. The molecule has 2 heterocycles. The molecule has 0 N–H and O–H groups in total. The molecular formula is C30H35N5O5. The Bertz CT molecular complexity index is 1310. The van der Waals surface area contributed by atoms with Crippen molar-refractivity contribution >= 4 is 17.6 Å². The summed E-state index contributed by atoms with van der Waals surface area (Å²) < 4.78 is 15.9. The lowest BCUT2D eigenvalue weighted by molar-refractivity contribution is -0.131. The Labute approximate surface area is 234 Å². The van der Waals surface area contributed by atoms with Crippen LogP contribution in [0.5, 0.6) is 17.2 Å². The Kier molecular flexibility index (Phi) is 9.56. The predicted molar refractivity (Wildman–Crippen MR) is 153 cm³/mol. The first-order valence-corrected chi connectivity index (χ1v) is 13.1. The summed E-state index contributed by atoms with van der Waals surface area (Å²) in [6.07, 6.45) is 2.40. The summed E-state index contributed by atoms with van der Waals surface area (Å²) in [5.74, 6) is 2.37. The number of hydrogen-bond acceptors (Lipinski definition) is 8. The first kappa shape index (κ1) is 28.4. The number of rotatable bonds is 10. The third-order valence-electron chi connectivity index (χ3n) is 6.80. The summed E-state index contributed by atoms with van der Waals surface area (Å²) in [5.41, 5.74) is 2.09. The number of amides is 2. The summed E-state index contributed by atoms with van der Waals surface area (Å²) in [6, 6.07) is 16.3. The number of carbonyl (C=O) groups excluding carboxylic acids is 2. The van der Waals surface area contributed by atoms with Gasteiger partial charge < -0.3 is 28.9 Å². The van der Waals surface area contributed by atoms with E-state index in [4.69, 9.17) is 14.2 Å². The lowest BCUT2D eigenvalue weighted by atomic mass is 10.1. The summed E-state index contributed by atoms with van der Waals surface area (Å²) >= 11 is 0. The van der Waals surface area contributed by atoms with Gasteiger partial charge in [-0.15, -0.1) is 16.8 Å². The maximum absolute atomic E-state index is 13.2. The molecule has 4 rings (SSSR count). The van der Waals surface area contributed by atoms with E-state index in [1.807, 2.05) is 35.2 Å². The molecule has 3 aromatic rings. The second kappa shape index (κ2) is 13.5. The third-order valence-corrected chi connectivity index (χ3v) is 6.80. The Hall–Kier alpha value is -4.60. The van der Waals surface area contributed by atoms with Crippen molar-refractivity contribution in [3.63, 3.8) is 0 Å². The lowest BCUT2D eigenvalue weighted by Gasteiger charge is -2.26. The van der Waals surface area contributed by atoms with Gasteiger partial charge in [0.2, 0.25) is 5.91 Å². The molecule has 1 saturated heterocycles. The molecule has 0 radical (unpaired) electrons. The number of aromatic nitrogens is 2. The van der Waals surface area contributed by atoms with Crippen LogP contribution >= 0.6 is 0 Å². The molecule has 10 nitrogen and oxygen atoms in total. The van der Waals surface area contributed by atoms with Gasteiger partial charge >= 0.3 is 0 Å². The molecule has 0 saturated carbocycles. The zero-order valence-electron chi connectivity index (χ0n) is 23.2. The topological polar surface area (TPSA) is 97.3 Å². The zero-order valence-corrected chi connectivity index (χ0v) is 23.2. The molecule has 0 aliphatic carbocycles. The first-order chi connectivity index (χ1) is 19.5. The van der Waals surface area contributed by atoms with Crippen molar-refractivity contribution in [2.75, 3.05) is 65.5 Å². The van der Waals surface area contributed by atoms with E-state index in [0.29, 0.717) is 42.4 Å². The molecule has 1 fully saturated rings. The van der Waals surface area contributed by atoms with E-state index in [0.717, 1.165) is 30.0 Å². The van der Waals surface area contributed by atoms with Crippen LogP contribution in [0.15, 0.2) is 67.3 Å². The number of nitrogens with zero attached hydrogens (tertiary/aromatic N) is 5. The smallest absolute Gasteiger partial charge is 0.254 e. The highest BCUT2D eigenvalue weighted by Crippen LogP contribution is 2.31. The van der Waals surface area contributed by atoms with Crippen LogP contribution in [0.3, 0.4) is 0 Å². The van der Waals surface area contributed by atoms with E-state index in [2.05, 4.69) is 21.7 Å². The monoisotopic (exact) mass is 545 g/mol. The molecular weight excluding hydrogens is 510 g/mol. The highest BCUT2D eigenvalue weighted by Gasteiger charge is 2.24. The van der Waals surface area contributed by atoms with Gasteiger partial charge in [-0.05, 0) is 61.0 Å². The van der Waals surface area contributed by atoms with Crippen molar-refractivity contribution in [2.24, 2.45) is 0 Å². The van der Waals surface area contributed by atoms with Crippen molar-refractivity contribution in [3.05, 3.63) is 72.8 Å². The van der Waals surface area contributed by atoms with E-state index in [1.165, 1.54) is 4.90 Å². The third kappa shape index (κ3) is 6.69. The van der Waals surface area contributed by atoms with Crippen LogP contribution in [0, 0.1) is 0 Å². The number of methoxy groups -OCH3 is 3. The molecule has 2 aromatic carbocycles. The molecule has 210 valence electrons. The fourth-order valence-corrected chi connectivity index (χ4v) is 4.59. The maximum Gasteiger partial charge on any atom is 0.254 e. The fourth-order valence-electron chi connectivity index (χ4n) is 4.59. The maximum atomic E-state index is 13.2. The minimum Gasteiger partial charge on any atom is -0.497 e. The number of ether oxygens (including phenoxy) is 3. The molecule has 0 unspecified atom stereocenters. The van der Waals surface area contributed by atoms with Gasteiger partial charge in [0, 0.05) is 43.9 Å². The number of benzene rings is 2. The Morgan fingerprint density at radius 1 is 0.900 bits per heavy atom. The molecule has 40 heavy (non-hydrogen) atoms. The fraction of sp³-hybridized carbons (Fsp3) is 0.333. The SMILES string of the molecule is C=CCN(CC(=O)N1CCCN(c2ccc(-c3ccc(OC)c(OC)c3)nn2)CC1)C(=O)c1ccc(OC)cc1. The van der Waals surface area contributed by atoms with Crippen molar-refractivity contribution in [3.8, 4) is 28.5 Å². The standard InChI is InChI=1S/C30H35N5O5/c1-5-15-35(30(37)22-7-10-24(38-2)11-8-22)21-29(36)34-17-6-16-33(18-19-34)28-14-12-25(31-32-28)23-9-13-26(39-3)27(20-23)40-4/h5,7-14,20H,1,6,15-19,21H2,2-4H3. The van der Waals surface area contributed by atoms with Crippen molar-refractivity contribution in [1.29, 1.82) is 0 Å². The van der Waals surface area contributed by atoms with Crippen molar-refractivity contribution < 1.29 is 23.8 Å². The Morgan fingerprint density at radius 2 is 1.68 bits per heavy atom. The van der Waals surface area contributed by atoms with Gasteiger partial charge in [0.1, 0.15) is 12.3 Å². The second-order valence-corrected chi connectivity index (χ2v) is 9.27. The van der Waals surface area contributed by atoms with Gasteiger partial charge in [0.25, 0.3) is 5.91 Å². The molecule has 0 bridgehead atoms. The summed E-state index contributed by atoms with van der Waals surface area (Å²) in [6.45, 7) is 6.50. The number of anilines is 1. The highest BCUT2D eigenvalue weighted by atomic mass is 16.5. The van der Waals surface area contributed by atoms with Crippen LogP contribution in [0.4, 0.5) is 5.82 Å². The van der Waals surface area contributed by atoms with E-state index >= 15 is 0 Å². The number of carbonyl (C=O) groups is 2. The van der Waals surface area contributed by atoms with Gasteiger partial charge in [-0.25, -0.2) is 0 Å². The van der Waals surface area contributed by atoms with Crippen LogP contribution in [0.1, 0.15) is 16.8 Å². The van der Waals surface area contributed by atoms with E-state index in [9.17, 15) is 9.59 Å². The highest BCUT2D eigenvalue weighted by molar-refractivity contribution is 5.96. The number of hydrogen-bond donors (Lipinski definition) is 0. The Morgan fingerprint density at radius 3 is 2.33 bits per heavy atom. The average molecular weight is 546 g/mol. The van der Waals surface area contributed by atoms with Crippen LogP contribution in [-0.4, -0.2) is 92.4 Å². The van der Waals surface area contributed by atoms with Crippen LogP contribution in [-0.2, 0) is 4.79 Å². The molecule has 10 heteroatoms. The Balaban J connectivity index is 1.38. The van der Waals surface area contributed by atoms with Crippen molar-refractivity contribution in [1.82, 2.24) is 20.0 Å². The molecule has 1 aliphatic rings. The predicted octanol–water partition coefficient (Wildman–Crippen LogP) is 3.54. The molecule has 0 atom stereocenters. The summed E-state index contributed by atoms with van der Waals surface area (Å²) in [5, 5.41) is 8.89. The van der Waals surface area contributed by atoms with E-state index < -0.39 is 0 Å². The van der Waals surface area contributed by atoms with E-state index in [1.54, 1.807) is 51.7 Å². The second-order valence-electron chi connectivity index (χ2n) is 9.27. The van der Waals surface area contributed by atoms with E-state index in [-0.39, 0.29) is 24.9 Å². The average Bonchev–Trinajstić information content (AvgIpc) is 3.27. The quantitative estimate of drug-likeness (QED) is 0.357. The van der Waals surface area contributed by atoms with Crippen LogP contribution < -0.4 is 19.1 Å². The zero-order chi connectivity index (χ0) is 28.5. The largest absolute Gasteiger partial charge is 0.497 e. The molecule has 0 spiro atoms. The van der Waals surface area contributed by atoms with Gasteiger partial charge in [0.05, 0.1) is 27.0 Å². The molecule has 1 aromatic heterocycles. The van der Waals surface area contributed by atoms with Crippen LogP contribution in [0.25, 0.3) is 11.3 Å². The van der Waals surface area contributed by atoms with Crippen LogP contribution in [0.2, 0.25) is 0 Å². The van der Waals surface area contributed by atoms with Crippen molar-refractivity contribution in [2.45, 2.75) is 6.42 Å². The molecule has 1 aliphatic heterocycles. The van der Waals surface area contributed by atoms with Gasteiger partial charge in [-0.1, -0.05) is 6.08 Å². The summed E-state index contributed by atoms with van der Waals surface area (Å²) in [7, 11) is 4.77. The first-order valence-electron chi connectivity index (χ1n) is 13.1. The van der Waals surface area contributed by atoms with Gasteiger partial charge in [0.15, 0.2) is 17.3 Å². The minimum absolute atomic E-state index is 0.0172. The molecule has 2 amide bonds. The van der Waals surface area contributed by atoms with Gasteiger partial charge in [-0.3, -0.25) is 9.59 Å². The summed E-state index contributed by atoms with van der Waals surface area (Å²) in [4.78, 5) is 31.8. The normalized spacial score (nSPS) is 13.3. The lowest BCUT2D eigenvalue weighted by Crippen LogP contribution is -2.44.